The molecular weight excluding hydrogens is 1160 g/mol. The van der Waals surface area contributed by atoms with E-state index in [9.17, 15) is 58.5 Å². The fourth-order valence-corrected chi connectivity index (χ4v) is 11.2. The lowest BCUT2D eigenvalue weighted by atomic mass is 10.0. The van der Waals surface area contributed by atoms with Gasteiger partial charge in [0.15, 0.2) is 0 Å². The lowest BCUT2D eigenvalue weighted by molar-refractivity contribution is -0.136. The second-order valence-electron chi connectivity index (χ2n) is 20.6. The molecule has 0 radical (unpaired) electrons. The fourth-order valence-electron chi connectivity index (χ4n) is 8.76. The molecule has 1 fully saturated rings. The predicted octanol–water partition coefficient (Wildman–Crippen LogP) is 0.590. The van der Waals surface area contributed by atoms with Crippen molar-refractivity contribution in [3.05, 3.63) is 124 Å². The summed E-state index contributed by atoms with van der Waals surface area (Å²) in [6.07, 6.45) is 0.408. The van der Waals surface area contributed by atoms with Gasteiger partial charge in [-0.1, -0.05) is 88.1 Å². The van der Waals surface area contributed by atoms with Crippen LogP contribution in [0.1, 0.15) is 74.1 Å². The molecule has 2 unspecified atom stereocenters. The van der Waals surface area contributed by atoms with Crippen LogP contribution in [0.4, 0.5) is 5.69 Å². The number of benzene rings is 4. The molecule has 4 aromatic rings. The highest BCUT2D eigenvalue weighted by Crippen LogP contribution is 2.25. The van der Waals surface area contributed by atoms with Crippen LogP contribution in [-0.2, 0) is 68.8 Å². The lowest BCUT2D eigenvalue weighted by Gasteiger charge is -2.29. The molecule has 4 aromatic carbocycles. The largest absolute Gasteiger partial charge is 0.508 e. The number of rotatable bonds is 24. The van der Waals surface area contributed by atoms with Crippen molar-refractivity contribution in [3.8, 4) is 11.5 Å². The van der Waals surface area contributed by atoms with E-state index in [1.54, 1.807) is 48.5 Å². The van der Waals surface area contributed by atoms with E-state index in [-0.39, 0.29) is 74.5 Å². The summed E-state index contributed by atoms with van der Waals surface area (Å²) < 4.78 is 0. The SMILES string of the molecule is CC(O)C1NC(=O)[C@H](CCCCN)NC(=O)[C@@H](Cc2ccc(NC(=O)[C@@H](N)CCCCN)cc2)NC(=O)[C@H](Cc2ccc(O)cc2)NC(=O)[C@H](NC(=O)CCc2ccc(Cl)cc2)CSSC[C@@H](C(=O)N[C@H](Cc2ccc(O)cc2)C(N)=O)NC1=O. The topological polar surface area (TPSA) is 415 Å². The number of carbonyl (C=O) groups is 9. The summed E-state index contributed by atoms with van der Waals surface area (Å²) in [5.74, 6) is -8.02. The van der Waals surface area contributed by atoms with E-state index in [1.807, 2.05) is 0 Å². The van der Waals surface area contributed by atoms with Gasteiger partial charge in [0, 0.05) is 47.9 Å². The minimum Gasteiger partial charge on any atom is -0.508 e. The number of hydrogen-bond acceptors (Lipinski definition) is 17. The second kappa shape index (κ2) is 35.1. The number of anilines is 1. The van der Waals surface area contributed by atoms with E-state index in [2.05, 4.69) is 42.5 Å². The monoisotopic (exact) mass is 1230 g/mol. The Morgan fingerprint density at radius 2 is 1.16 bits per heavy atom. The molecule has 1 aliphatic heterocycles. The molecule has 9 amide bonds. The Labute approximate surface area is 506 Å². The third kappa shape index (κ3) is 23.5. The number of aliphatic hydroxyl groups excluding tert-OH is 1. The first-order chi connectivity index (χ1) is 40.6. The van der Waals surface area contributed by atoms with Crippen LogP contribution >= 0.6 is 33.2 Å². The number of nitrogens with two attached hydrogens (primary N) is 4. The third-order valence-electron chi connectivity index (χ3n) is 13.7. The second-order valence-corrected chi connectivity index (χ2v) is 23.5. The molecular formula is C58H77ClN12O12S2. The van der Waals surface area contributed by atoms with Crippen molar-refractivity contribution in [2.24, 2.45) is 22.9 Å². The average Bonchev–Trinajstić information content (AvgIpc) is 3.68. The van der Waals surface area contributed by atoms with E-state index in [1.165, 1.54) is 55.5 Å². The summed E-state index contributed by atoms with van der Waals surface area (Å²) in [6.45, 7) is 1.88. The Bertz CT molecular complexity index is 2880. The minimum atomic E-state index is -1.75. The highest BCUT2D eigenvalue weighted by atomic mass is 35.5. The number of primary amides is 1. The summed E-state index contributed by atoms with van der Waals surface area (Å²) in [6, 6.07) is 13.6. The molecule has 1 heterocycles. The Kier molecular flexibility index (Phi) is 28.2. The number of aryl methyl sites for hydroxylation is 1. The maximum absolute atomic E-state index is 14.9. The first-order valence-corrected chi connectivity index (χ1v) is 30.7. The van der Waals surface area contributed by atoms with E-state index in [0.29, 0.717) is 59.6 Å². The number of phenolic OH excluding ortho intramolecular Hbond substituents is 2. The van der Waals surface area contributed by atoms with E-state index in [0.717, 1.165) is 27.2 Å². The molecule has 85 heavy (non-hydrogen) atoms. The maximum atomic E-state index is 14.9. The highest BCUT2D eigenvalue weighted by Gasteiger charge is 2.36. The summed E-state index contributed by atoms with van der Waals surface area (Å²) in [5.41, 5.74) is 25.9. The van der Waals surface area contributed by atoms with Crippen LogP contribution in [-0.4, -0.2) is 148 Å². The van der Waals surface area contributed by atoms with Gasteiger partial charge in [0.2, 0.25) is 53.2 Å². The van der Waals surface area contributed by atoms with Gasteiger partial charge in [-0.2, -0.15) is 0 Å². The maximum Gasteiger partial charge on any atom is 0.245 e. The van der Waals surface area contributed by atoms with Crippen molar-refractivity contribution in [3.63, 3.8) is 0 Å². The van der Waals surface area contributed by atoms with Crippen LogP contribution in [0.15, 0.2) is 97.1 Å². The van der Waals surface area contributed by atoms with Gasteiger partial charge < -0.3 is 80.8 Å². The number of halogens is 1. The first kappa shape index (κ1) is 68.3. The van der Waals surface area contributed by atoms with E-state index >= 15 is 0 Å². The number of aromatic hydroxyl groups is 2. The van der Waals surface area contributed by atoms with Gasteiger partial charge >= 0.3 is 0 Å². The molecule has 0 aliphatic carbocycles. The Hall–Kier alpha value is -7.46. The lowest BCUT2D eigenvalue weighted by Crippen LogP contribution is -2.62. The molecule has 1 aliphatic rings. The van der Waals surface area contributed by atoms with Gasteiger partial charge in [0.05, 0.1) is 12.1 Å². The van der Waals surface area contributed by atoms with Crippen LogP contribution in [0.5, 0.6) is 11.5 Å². The Morgan fingerprint density at radius 1 is 0.647 bits per heavy atom. The Morgan fingerprint density at radius 3 is 1.74 bits per heavy atom. The first-order valence-electron chi connectivity index (χ1n) is 27.8. The van der Waals surface area contributed by atoms with Gasteiger partial charge in [-0.05, 0) is 129 Å². The molecule has 460 valence electrons. The van der Waals surface area contributed by atoms with Crippen LogP contribution in [0, 0.1) is 0 Å². The predicted molar refractivity (Wildman–Crippen MR) is 325 cm³/mol. The van der Waals surface area contributed by atoms with Crippen LogP contribution in [0.2, 0.25) is 5.02 Å². The van der Waals surface area contributed by atoms with Gasteiger partial charge in [0.1, 0.15) is 53.8 Å². The van der Waals surface area contributed by atoms with Crippen molar-refractivity contribution in [1.82, 2.24) is 37.2 Å². The van der Waals surface area contributed by atoms with Gasteiger partial charge in [-0.3, -0.25) is 43.2 Å². The van der Waals surface area contributed by atoms with Crippen molar-refractivity contribution in [2.45, 2.75) is 132 Å². The molecule has 19 N–H and O–H groups in total. The van der Waals surface area contributed by atoms with Crippen LogP contribution < -0.4 is 65.5 Å². The molecule has 24 nitrogen and oxygen atoms in total. The normalized spacial score (nSPS) is 20.4. The van der Waals surface area contributed by atoms with E-state index < -0.39 is 108 Å². The number of unbranched alkanes of at least 4 members (excludes halogenated alkanes) is 2. The summed E-state index contributed by atoms with van der Waals surface area (Å²) in [5, 5.41) is 52.9. The minimum absolute atomic E-state index is 0.0484. The van der Waals surface area contributed by atoms with Gasteiger partial charge in [-0.15, -0.1) is 0 Å². The zero-order valence-corrected chi connectivity index (χ0v) is 49.4. The van der Waals surface area contributed by atoms with Crippen LogP contribution in [0.25, 0.3) is 0 Å². The number of aliphatic hydroxyl groups is 1. The zero-order valence-electron chi connectivity index (χ0n) is 47.1. The van der Waals surface area contributed by atoms with Crippen LogP contribution in [0.3, 0.4) is 0 Å². The average molecular weight is 1230 g/mol. The molecule has 0 aromatic heterocycles. The number of amides is 9. The molecule has 1 saturated heterocycles. The van der Waals surface area contributed by atoms with Crippen molar-refractivity contribution in [1.29, 1.82) is 0 Å². The van der Waals surface area contributed by atoms with E-state index in [4.69, 9.17) is 34.5 Å². The molecule has 0 saturated carbocycles. The molecule has 5 rings (SSSR count). The summed E-state index contributed by atoms with van der Waals surface area (Å²) >= 11 is 6.08. The highest BCUT2D eigenvalue weighted by molar-refractivity contribution is 8.76. The Balaban J connectivity index is 1.55. The molecule has 27 heteroatoms. The number of carbonyl (C=O) groups excluding carboxylic acids is 9. The third-order valence-corrected chi connectivity index (χ3v) is 16.4. The zero-order chi connectivity index (χ0) is 62.0. The number of phenols is 2. The standard InChI is InChI=1S/C58H77ClN12O12S2/c1-33(72)50-58(83)70-48(57(82)67-44(51(63)76)28-36-12-21-40(73)22-13-36)32-85-84-31-47(65-49(75)25-16-34-8-17-38(59)18-9-34)56(81)69-46(30-37-14-23-41(74)24-15-37)55(80)68-45(54(79)66-43(53(78)71-50)7-3-5-27-61)29-35-10-19-39(20-11-35)64-52(77)42(62)6-2-4-26-60/h8-15,17-24,33,42-48,50,72-74H,2-7,16,25-32,60-62H2,1H3,(H2,63,76)(H,64,77)(H,65,75)(H,66,79)(H,67,82)(H,68,80)(H,69,81)(H,70,83)(H,71,78)/t33?,42-,43-,44+,45+,46-,47+,48-,50?/m0/s1. The number of hydrogen-bond donors (Lipinski definition) is 15. The molecule has 0 spiro atoms. The fraction of sp³-hybridized carbons (Fsp3) is 0.431. The molecule has 9 atom stereocenters. The number of nitrogens with one attached hydrogen (secondary N) is 8. The van der Waals surface area contributed by atoms with Crippen molar-refractivity contribution < 1.29 is 58.5 Å². The van der Waals surface area contributed by atoms with Crippen molar-refractivity contribution >= 4 is 92.0 Å². The quantitative estimate of drug-likeness (QED) is 0.0337. The summed E-state index contributed by atoms with van der Waals surface area (Å²) in [7, 11) is 1.97. The van der Waals surface area contributed by atoms with Gasteiger partial charge in [0.25, 0.3) is 0 Å². The molecule has 0 bridgehead atoms. The van der Waals surface area contributed by atoms with Gasteiger partial charge in [-0.25, -0.2) is 0 Å². The summed E-state index contributed by atoms with van der Waals surface area (Å²) in [4.78, 5) is 127. The smallest absolute Gasteiger partial charge is 0.245 e. The van der Waals surface area contributed by atoms with Crippen molar-refractivity contribution in [2.75, 3.05) is 29.9 Å².